The number of rotatable bonds is 4. The van der Waals surface area contributed by atoms with E-state index in [0.717, 1.165) is 6.07 Å². The monoisotopic (exact) mass is 292 g/mol. The Morgan fingerprint density at radius 2 is 1.65 bits per heavy atom. The standard InChI is InChI=1S/C14H12O5S/c15-13(10-5-2-1-3-6-10)14(16)11-7-4-8-12(9-11)20(17,18)19/h1-9,13,15H,(H,17,18,19). The maximum absolute atomic E-state index is 12.1. The molecule has 0 aliphatic heterocycles. The van der Waals surface area contributed by atoms with Crippen molar-refractivity contribution in [3.05, 3.63) is 65.7 Å². The summed E-state index contributed by atoms with van der Waals surface area (Å²) in [7, 11) is -4.38. The first-order chi connectivity index (χ1) is 9.39. The van der Waals surface area contributed by atoms with Crippen LogP contribution in [0.2, 0.25) is 0 Å². The molecular formula is C14H12O5S. The highest BCUT2D eigenvalue weighted by Crippen LogP contribution is 2.20. The molecule has 0 amide bonds. The molecule has 0 bridgehead atoms. The van der Waals surface area contributed by atoms with Gasteiger partial charge in [-0.25, -0.2) is 0 Å². The number of aliphatic hydroxyl groups excluding tert-OH is 1. The summed E-state index contributed by atoms with van der Waals surface area (Å²) in [5.74, 6) is -0.637. The minimum absolute atomic E-state index is 0.0106. The minimum atomic E-state index is -4.38. The van der Waals surface area contributed by atoms with Crippen LogP contribution in [0.15, 0.2) is 59.5 Å². The Morgan fingerprint density at radius 3 is 2.25 bits per heavy atom. The van der Waals surface area contributed by atoms with E-state index in [-0.39, 0.29) is 10.5 Å². The zero-order valence-electron chi connectivity index (χ0n) is 10.3. The number of hydrogen-bond donors (Lipinski definition) is 2. The molecule has 2 aromatic rings. The van der Waals surface area contributed by atoms with E-state index in [4.69, 9.17) is 4.55 Å². The summed E-state index contributed by atoms with van der Waals surface area (Å²) in [6.07, 6.45) is -1.38. The summed E-state index contributed by atoms with van der Waals surface area (Å²) < 4.78 is 31.0. The molecule has 0 fully saturated rings. The number of carbonyl (C=O) groups is 1. The lowest BCUT2D eigenvalue weighted by Crippen LogP contribution is -2.13. The first-order valence-corrected chi connectivity index (χ1v) is 7.18. The summed E-state index contributed by atoms with van der Waals surface area (Å²) in [5.41, 5.74) is 0.422. The van der Waals surface area contributed by atoms with Crippen molar-refractivity contribution in [2.75, 3.05) is 0 Å². The Labute approximate surface area is 116 Å². The van der Waals surface area contributed by atoms with Gasteiger partial charge in [-0.15, -0.1) is 0 Å². The van der Waals surface area contributed by atoms with Gasteiger partial charge in [-0.2, -0.15) is 8.42 Å². The van der Waals surface area contributed by atoms with Crippen molar-refractivity contribution in [2.45, 2.75) is 11.0 Å². The van der Waals surface area contributed by atoms with Gasteiger partial charge in [0, 0.05) is 5.56 Å². The van der Waals surface area contributed by atoms with Gasteiger partial charge in [0.15, 0.2) is 5.78 Å². The van der Waals surface area contributed by atoms with E-state index >= 15 is 0 Å². The highest BCUT2D eigenvalue weighted by atomic mass is 32.2. The van der Waals surface area contributed by atoms with Crippen molar-refractivity contribution in [3.8, 4) is 0 Å². The van der Waals surface area contributed by atoms with Gasteiger partial charge in [-0.3, -0.25) is 9.35 Å². The number of Topliss-reactive ketones (excluding diaryl/α,β-unsaturated/α-hetero) is 1. The van der Waals surface area contributed by atoms with Crippen molar-refractivity contribution in [1.29, 1.82) is 0 Å². The van der Waals surface area contributed by atoms with Crippen molar-refractivity contribution >= 4 is 15.9 Å². The van der Waals surface area contributed by atoms with Gasteiger partial charge in [0.1, 0.15) is 6.10 Å². The normalized spacial score (nSPS) is 12.9. The molecule has 6 heteroatoms. The molecule has 0 aromatic heterocycles. The second-order valence-electron chi connectivity index (χ2n) is 4.18. The smallest absolute Gasteiger partial charge is 0.294 e. The predicted octanol–water partition coefficient (Wildman–Crippen LogP) is 1.85. The lowest BCUT2D eigenvalue weighted by molar-refractivity contribution is 0.0747. The molecule has 1 unspecified atom stereocenters. The Bertz CT molecular complexity index is 722. The fourth-order valence-corrected chi connectivity index (χ4v) is 2.28. The van der Waals surface area contributed by atoms with E-state index in [1.807, 2.05) is 0 Å². The van der Waals surface area contributed by atoms with Crippen molar-refractivity contribution in [2.24, 2.45) is 0 Å². The molecule has 0 spiro atoms. The Morgan fingerprint density at radius 1 is 1.00 bits per heavy atom. The van der Waals surface area contributed by atoms with Gasteiger partial charge in [0.2, 0.25) is 0 Å². The maximum atomic E-state index is 12.1. The summed E-state index contributed by atoms with van der Waals surface area (Å²) in [5, 5.41) is 9.97. The van der Waals surface area contributed by atoms with Crippen LogP contribution < -0.4 is 0 Å². The van der Waals surface area contributed by atoms with E-state index in [9.17, 15) is 18.3 Å². The zero-order valence-corrected chi connectivity index (χ0v) is 11.1. The Balaban J connectivity index is 2.35. The molecule has 0 radical (unpaired) electrons. The lowest BCUT2D eigenvalue weighted by atomic mass is 10.0. The van der Waals surface area contributed by atoms with Crippen LogP contribution in [-0.2, 0) is 10.1 Å². The van der Waals surface area contributed by atoms with Gasteiger partial charge in [0.25, 0.3) is 10.1 Å². The number of hydrogen-bond acceptors (Lipinski definition) is 4. The number of carbonyl (C=O) groups excluding carboxylic acids is 1. The van der Waals surface area contributed by atoms with E-state index in [2.05, 4.69) is 0 Å². The van der Waals surface area contributed by atoms with Gasteiger partial charge in [0.05, 0.1) is 4.90 Å². The average molecular weight is 292 g/mol. The topological polar surface area (TPSA) is 91.7 Å². The third-order valence-corrected chi connectivity index (χ3v) is 3.63. The van der Waals surface area contributed by atoms with E-state index in [1.165, 1.54) is 18.2 Å². The lowest BCUT2D eigenvalue weighted by Gasteiger charge is -2.10. The van der Waals surface area contributed by atoms with Crippen LogP contribution in [0.4, 0.5) is 0 Å². The summed E-state index contributed by atoms with van der Waals surface area (Å²) >= 11 is 0. The second-order valence-corrected chi connectivity index (χ2v) is 5.60. The van der Waals surface area contributed by atoms with E-state index in [1.54, 1.807) is 30.3 Å². The minimum Gasteiger partial charge on any atom is -0.380 e. The summed E-state index contributed by atoms with van der Waals surface area (Å²) in [6.45, 7) is 0. The van der Waals surface area contributed by atoms with Gasteiger partial charge in [-0.05, 0) is 17.7 Å². The molecule has 104 valence electrons. The highest BCUT2D eigenvalue weighted by molar-refractivity contribution is 7.85. The third-order valence-electron chi connectivity index (χ3n) is 2.78. The predicted molar refractivity (Wildman–Crippen MR) is 72.0 cm³/mol. The zero-order chi connectivity index (χ0) is 14.8. The Kier molecular flexibility index (Phi) is 3.99. The largest absolute Gasteiger partial charge is 0.380 e. The molecule has 0 aliphatic rings. The van der Waals surface area contributed by atoms with E-state index < -0.39 is 22.0 Å². The van der Waals surface area contributed by atoms with Crippen molar-refractivity contribution in [1.82, 2.24) is 0 Å². The number of benzene rings is 2. The van der Waals surface area contributed by atoms with Gasteiger partial charge in [-0.1, -0.05) is 42.5 Å². The molecule has 2 N–H and O–H groups in total. The molecule has 0 saturated carbocycles. The molecule has 2 rings (SSSR count). The van der Waals surface area contributed by atoms with Crippen LogP contribution in [0.3, 0.4) is 0 Å². The molecule has 0 heterocycles. The van der Waals surface area contributed by atoms with Crippen LogP contribution in [0.5, 0.6) is 0 Å². The van der Waals surface area contributed by atoms with Crippen LogP contribution in [0.1, 0.15) is 22.0 Å². The van der Waals surface area contributed by atoms with Crippen LogP contribution in [0.25, 0.3) is 0 Å². The Hall–Kier alpha value is -2.02. The fraction of sp³-hybridized carbons (Fsp3) is 0.0714. The highest BCUT2D eigenvalue weighted by Gasteiger charge is 2.20. The van der Waals surface area contributed by atoms with Crippen molar-refractivity contribution in [3.63, 3.8) is 0 Å². The fourth-order valence-electron chi connectivity index (χ4n) is 1.75. The van der Waals surface area contributed by atoms with Crippen molar-refractivity contribution < 1.29 is 22.9 Å². The van der Waals surface area contributed by atoms with E-state index in [0.29, 0.717) is 5.56 Å². The first-order valence-electron chi connectivity index (χ1n) is 5.74. The maximum Gasteiger partial charge on any atom is 0.294 e. The molecule has 0 aliphatic carbocycles. The third kappa shape index (κ3) is 3.11. The van der Waals surface area contributed by atoms with Gasteiger partial charge >= 0.3 is 0 Å². The molecule has 5 nitrogen and oxygen atoms in total. The second kappa shape index (κ2) is 5.54. The van der Waals surface area contributed by atoms with Crippen LogP contribution >= 0.6 is 0 Å². The molecule has 2 aromatic carbocycles. The van der Waals surface area contributed by atoms with Crippen LogP contribution in [-0.4, -0.2) is 23.9 Å². The number of ketones is 1. The SMILES string of the molecule is O=C(c1cccc(S(=O)(=O)O)c1)C(O)c1ccccc1. The molecule has 1 atom stereocenters. The quantitative estimate of drug-likeness (QED) is 0.663. The summed E-state index contributed by atoms with van der Waals surface area (Å²) in [6, 6.07) is 13.2. The molecule has 20 heavy (non-hydrogen) atoms. The van der Waals surface area contributed by atoms with Gasteiger partial charge < -0.3 is 5.11 Å². The molecule has 0 saturated heterocycles. The summed E-state index contributed by atoms with van der Waals surface area (Å²) in [4.78, 5) is 11.7. The average Bonchev–Trinajstić information content (AvgIpc) is 2.46. The molecular weight excluding hydrogens is 280 g/mol. The first kappa shape index (κ1) is 14.4. The van der Waals surface area contributed by atoms with Crippen LogP contribution in [0, 0.1) is 0 Å². The number of aliphatic hydroxyl groups is 1.